The number of nitrogens with one attached hydrogen (secondary N) is 1. The summed E-state index contributed by atoms with van der Waals surface area (Å²) in [6.45, 7) is 3.31. The molecule has 6 nitrogen and oxygen atoms in total. The first-order chi connectivity index (χ1) is 9.08. The largest absolute Gasteiger partial charge is 0.494 e. The summed E-state index contributed by atoms with van der Waals surface area (Å²) < 4.78 is 5.03. The van der Waals surface area contributed by atoms with Crippen molar-refractivity contribution in [2.24, 2.45) is 0 Å². The lowest BCUT2D eigenvalue weighted by Crippen LogP contribution is -1.96. The molecule has 0 amide bonds. The molecule has 0 spiro atoms. The van der Waals surface area contributed by atoms with Crippen molar-refractivity contribution in [2.75, 3.05) is 0 Å². The van der Waals surface area contributed by atoms with Gasteiger partial charge in [0.15, 0.2) is 0 Å². The summed E-state index contributed by atoms with van der Waals surface area (Å²) >= 11 is 0.968. The van der Waals surface area contributed by atoms with E-state index in [0.717, 1.165) is 16.9 Å². The van der Waals surface area contributed by atoms with Gasteiger partial charge in [0.2, 0.25) is 5.88 Å². The highest BCUT2D eigenvalue weighted by Crippen LogP contribution is 2.22. The van der Waals surface area contributed by atoms with Crippen LogP contribution in [0.5, 0.6) is 11.6 Å². The Bertz CT molecular complexity index is 628. The van der Waals surface area contributed by atoms with E-state index in [4.69, 9.17) is 9.99 Å². The monoisotopic (exact) mass is 281 g/mol. The van der Waals surface area contributed by atoms with Crippen LogP contribution in [-0.4, -0.2) is 15.3 Å². The Labute approximate surface area is 112 Å². The second kappa shape index (κ2) is 5.59. The third kappa shape index (κ3) is 3.36. The molecule has 0 aliphatic carbocycles. The average molecular weight is 281 g/mol. The molecular formula is C12H11NO5S. The fourth-order valence-electron chi connectivity index (χ4n) is 1.48. The number of rotatable bonds is 5. The van der Waals surface area contributed by atoms with Crippen LogP contribution >= 0.6 is 11.3 Å². The van der Waals surface area contributed by atoms with Crippen LogP contribution in [0.2, 0.25) is 0 Å². The number of hydrogen-bond donors (Lipinski definition) is 3. The van der Waals surface area contributed by atoms with Gasteiger partial charge in [0, 0.05) is 6.42 Å². The lowest BCUT2D eigenvalue weighted by Gasteiger charge is -2.05. The lowest BCUT2D eigenvalue weighted by atomic mass is 10.1. The molecular weight excluding hydrogens is 270 g/mol. The van der Waals surface area contributed by atoms with Crippen molar-refractivity contribution in [3.8, 4) is 11.6 Å². The van der Waals surface area contributed by atoms with E-state index >= 15 is 0 Å². The molecule has 0 aliphatic rings. The molecule has 0 saturated heterocycles. The van der Waals surface area contributed by atoms with Crippen LogP contribution in [0.25, 0.3) is 0 Å². The van der Waals surface area contributed by atoms with E-state index in [-0.39, 0.29) is 16.7 Å². The number of H-pyrrole nitrogens is 1. The van der Waals surface area contributed by atoms with E-state index in [2.05, 4.69) is 16.5 Å². The number of hydrogen-bond acceptors (Lipinski definition) is 6. The van der Waals surface area contributed by atoms with Crippen LogP contribution in [0.1, 0.15) is 10.4 Å². The van der Waals surface area contributed by atoms with Gasteiger partial charge in [-0.25, -0.2) is 0 Å². The normalized spacial score (nSPS) is 10.2. The standard InChI is InChI=1S/C12H11NO5S/c1-7(18-16)17-9-4-2-8(3-5-9)6-10-11(14)13-12(15)19-10/h2-5,14,16H,1,6H2,(H,13,15). The van der Waals surface area contributed by atoms with Crippen LogP contribution < -0.4 is 9.61 Å². The first kappa shape index (κ1) is 13.2. The second-order valence-electron chi connectivity index (χ2n) is 3.67. The highest BCUT2D eigenvalue weighted by Gasteiger charge is 2.08. The Morgan fingerprint density at radius 1 is 1.37 bits per heavy atom. The van der Waals surface area contributed by atoms with Crippen LogP contribution in [0, 0.1) is 0 Å². The molecule has 0 unspecified atom stereocenters. The Balaban J connectivity index is 2.08. The van der Waals surface area contributed by atoms with E-state index in [9.17, 15) is 9.90 Å². The van der Waals surface area contributed by atoms with Crippen molar-refractivity contribution >= 4 is 11.3 Å². The summed E-state index contributed by atoms with van der Waals surface area (Å²) in [5.74, 6) is 0.126. The fraction of sp³-hybridized carbons (Fsp3) is 0.0833. The highest BCUT2D eigenvalue weighted by atomic mass is 32.1. The lowest BCUT2D eigenvalue weighted by molar-refractivity contribution is -0.230. The molecule has 0 aliphatic heterocycles. The first-order valence-electron chi connectivity index (χ1n) is 5.26. The van der Waals surface area contributed by atoms with E-state index in [0.29, 0.717) is 17.0 Å². The van der Waals surface area contributed by atoms with Gasteiger partial charge in [-0.15, -0.1) is 0 Å². The van der Waals surface area contributed by atoms with Gasteiger partial charge >= 0.3 is 10.8 Å². The van der Waals surface area contributed by atoms with Crippen molar-refractivity contribution in [1.82, 2.24) is 4.98 Å². The zero-order chi connectivity index (χ0) is 13.8. The Morgan fingerprint density at radius 3 is 2.58 bits per heavy atom. The molecule has 100 valence electrons. The zero-order valence-corrected chi connectivity index (χ0v) is 10.6. The summed E-state index contributed by atoms with van der Waals surface area (Å²) in [5, 5.41) is 17.8. The summed E-state index contributed by atoms with van der Waals surface area (Å²) in [5.41, 5.74) is 0.897. The van der Waals surface area contributed by atoms with Gasteiger partial charge in [-0.1, -0.05) is 23.5 Å². The molecule has 0 bridgehead atoms. The number of aromatic amines is 1. The maximum Gasteiger partial charge on any atom is 0.314 e. The van der Waals surface area contributed by atoms with Crippen LogP contribution in [-0.2, 0) is 11.3 Å². The minimum atomic E-state index is -0.288. The van der Waals surface area contributed by atoms with Gasteiger partial charge in [-0.05, 0) is 24.3 Å². The number of aromatic nitrogens is 1. The second-order valence-corrected chi connectivity index (χ2v) is 4.74. The molecule has 0 saturated carbocycles. The fourth-order valence-corrected chi connectivity index (χ4v) is 2.24. The minimum absolute atomic E-state index is 0.0996. The van der Waals surface area contributed by atoms with Crippen molar-refractivity contribution in [2.45, 2.75) is 6.42 Å². The Morgan fingerprint density at radius 2 is 2.05 bits per heavy atom. The Hall–Kier alpha value is -2.25. The smallest absolute Gasteiger partial charge is 0.314 e. The molecule has 1 heterocycles. The Kier molecular flexibility index (Phi) is 3.88. The molecule has 2 aromatic rings. The average Bonchev–Trinajstić information content (AvgIpc) is 2.70. The predicted octanol–water partition coefficient (Wildman–Crippen LogP) is 2.07. The number of thiazole rings is 1. The molecule has 2 rings (SSSR count). The van der Waals surface area contributed by atoms with Crippen LogP contribution in [0.15, 0.2) is 41.6 Å². The SMILES string of the molecule is C=C(OO)Oc1ccc(Cc2sc(=O)[nH]c2O)cc1. The van der Waals surface area contributed by atoms with Gasteiger partial charge in [-0.2, -0.15) is 5.26 Å². The van der Waals surface area contributed by atoms with E-state index in [1.165, 1.54) is 0 Å². The van der Waals surface area contributed by atoms with Gasteiger partial charge < -0.3 is 14.7 Å². The number of benzene rings is 1. The van der Waals surface area contributed by atoms with E-state index in [1.807, 2.05) is 0 Å². The van der Waals surface area contributed by atoms with Gasteiger partial charge in [0.1, 0.15) is 5.75 Å². The van der Waals surface area contributed by atoms with Crippen molar-refractivity contribution in [1.29, 1.82) is 0 Å². The summed E-state index contributed by atoms with van der Waals surface area (Å²) in [6, 6.07) is 6.85. The zero-order valence-electron chi connectivity index (χ0n) is 9.75. The molecule has 0 fully saturated rings. The van der Waals surface area contributed by atoms with Gasteiger partial charge in [-0.3, -0.25) is 9.78 Å². The minimum Gasteiger partial charge on any atom is -0.494 e. The molecule has 7 heteroatoms. The first-order valence-corrected chi connectivity index (χ1v) is 6.08. The van der Waals surface area contributed by atoms with Crippen LogP contribution in [0.3, 0.4) is 0 Å². The summed E-state index contributed by atoms with van der Waals surface area (Å²) in [6.07, 6.45) is 0.437. The quantitative estimate of drug-likeness (QED) is 0.443. The third-order valence-corrected chi connectivity index (χ3v) is 3.19. The van der Waals surface area contributed by atoms with Crippen molar-refractivity contribution in [3.63, 3.8) is 0 Å². The molecule has 3 N–H and O–H groups in total. The highest BCUT2D eigenvalue weighted by molar-refractivity contribution is 7.09. The van der Waals surface area contributed by atoms with Gasteiger partial charge in [0.05, 0.1) is 4.88 Å². The molecule has 0 radical (unpaired) electrons. The van der Waals surface area contributed by atoms with Crippen molar-refractivity contribution in [3.05, 3.63) is 56.9 Å². The van der Waals surface area contributed by atoms with Gasteiger partial charge in [0.25, 0.3) is 0 Å². The topological polar surface area (TPSA) is 91.8 Å². The predicted molar refractivity (Wildman–Crippen MR) is 69.3 cm³/mol. The molecule has 19 heavy (non-hydrogen) atoms. The number of aromatic hydroxyl groups is 1. The third-order valence-electron chi connectivity index (χ3n) is 2.32. The maximum atomic E-state index is 11.0. The van der Waals surface area contributed by atoms with E-state index in [1.54, 1.807) is 24.3 Å². The van der Waals surface area contributed by atoms with E-state index < -0.39 is 0 Å². The molecule has 1 aromatic carbocycles. The summed E-state index contributed by atoms with van der Waals surface area (Å²) in [4.78, 5) is 17.5. The number of ether oxygens (including phenoxy) is 1. The molecule has 1 aromatic heterocycles. The van der Waals surface area contributed by atoms with Crippen LogP contribution in [0.4, 0.5) is 0 Å². The summed E-state index contributed by atoms with van der Waals surface area (Å²) in [7, 11) is 0. The maximum absolute atomic E-state index is 11.0. The molecule has 0 atom stereocenters. The van der Waals surface area contributed by atoms with Crippen molar-refractivity contribution < 1.29 is 20.0 Å².